The molecule has 0 fully saturated rings. The molecule has 1 atom stereocenters. The van der Waals surface area contributed by atoms with Crippen LogP contribution in [0.1, 0.15) is 20.3 Å². The summed E-state index contributed by atoms with van der Waals surface area (Å²) < 4.78 is 30.4. The van der Waals surface area contributed by atoms with Crippen LogP contribution in [0.25, 0.3) is 0 Å². The molecule has 1 N–H and O–H groups in total. The van der Waals surface area contributed by atoms with Crippen molar-refractivity contribution in [3.8, 4) is 0 Å². The lowest BCUT2D eigenvalue weighted by Crippen LogP contribution is -2.38. The van der Waals surface area contributed by atoms with Crippen LogP contribution in [0.4, 0.5) is 0 Å². The van der Waals surface area contributed by atoms with Crippen molar-refractivity contribution < 1.29 is 21.6 Å². The van der Waals surface area contributed by atoms with Gasteiger partial charge in [0.2, 0.25) is 5.91 Å². The first-order valence-corrected chi connectivity index (χ1v) is 6.95. The van der Waals surface area contributed by atoms with Crippen LogP contribution in [0.15, 0.2) is 12.2 Å². The van der Waals surface area contributed by atoms with Gasteiger partial charge in [-0.05, 0) is 34.5 Å². The molecule has 0 aromatic carbocycles. The highest BCUT2D eigenvalue weighted by atomic mass is 32.3. The summed E-state index contributed by atoms with van der Waals surface area (Å²) in [4.78, 5) is 13.2. The summed E-state index contributed by atoms with van der Waals surface area (Å²) in [6.07, 6.45) is -0.652. The van der Waals surface area contributed by atoms with E-state index >= 15 is 0 Å². The molecule has 19 heavy (non-hydrogen) atoms. The lowest BCUT2D eigenvalue weighted by Gasteiger charge is -2.16. The number of nitrogens with one attached hydrogen (secondary N) is 1. The van der Waals surface area contributed by atoms with E-state index in [0.29, 0.717) is 6.42 Å². The standard InChI is InChI=1S/C8H15NO5S.C3H9N/c1-5-7(9-8(10)6(2)3)14-15(11,12)13-4;1-4(2)3/h7H,2,5H2,1,3-4H3,(H,9,10);1-3H3. The fraction of sp³-hybridized carbons (Fsp3) is 0.727. The quantitative estimate of drug-likeness (QED) is 0.567. The van der Waals surface area contributed by atoms with Gasteiger partial charge in [-0.15, -0.1) is 0 Å². The van der Waals surface area contributed by atoms with Crippen LogP contribution in [0.3, 0.4) is 0 Å². The molecule has 0 aliphatic rings. The van der Waals surface area contributed by atoms with Gasteiger partial charge in [-0.3, -0.25) is 8.98 Å². The molecule has 1 unspecified atom stereocenters. The highest BCUT2D eigenvalue weighted by Crippen LogP contribution is 2.03. The fourth-order valence-corrected chi connectivity index (χ4v) is 1.19. The first kappa shape index (κ1) is 20.4. The Hall–Kier alpha value is -0.960. The van der Waals surface area contributed by atoms with E-state index in [-0.39, 0.29) is 5.57 Å². The van der Waals surface area contributed by atoms with Crippen LogP contribution < -0.4 is 5.32 Å². The van der Waals surface area contributed by atoms with Gasteiger partial charge in [0.15, 0.2) is 6.23 Å². The van der Waals surface area contributed by atoms with E-state index in [9.17, 15) is 13.2 Å². The lowest BCUT2D eigenvalue weighted by molar-refractivity contribution is -0.119. The molecule has 0 heterocycles. The second-order valence-corrected chi connectivity index (χ2v) is 5.51. The van der Waals surface area contributed by atoms with Gasteiger partial charge in [0.1, 0.15) is 0 Å². The van der Waals surface area contributed by atoms with Crippen molar-refractivity contribution in [3.63, 3.8) is 0 Å². The molecule has 0 rings (SSSR count). The molecule has 0 aliphatic carbocycles. The van der Waals surface area contributed by atoms with Crippen molar-refractivity contribution in [2.75, 3.05) is 28.3 Å². The summed E-state index contributed by atoms with van der Waals surface area (Å²) in [6, 6.07) is 0. The van der Waals surface area contributed by atoms with Crippen LogP contribution in [-0.2, 0) is 23.6 Å². The Morgan fingerprint density at radius 2 is 1.79 bits per heavy atom. The van der Waals surface area contributed by atoms with Crippen LogP contribution in [0.5, 0.6) is 0 Å². The summed E-state index contributed by atoms with van der Waals surface area (Å²) in [5, 5.41) is 2.34. The number of amides is 1. The molecule has 0 radical (unpaired) electrons. The summed E-state index contributed by atoms with van der Waals surface area (Å²) in [5.41, 5.74) is 0.270. The third-order valence-electron chi connectivity index (χ3n) is 1.49. The van der Waals surface area contributed by atoms with Crippen LogP contribution in [-0.4, -0.2) is 53.7 Å². The van der Waals surface area contributed by atoms with Crippen LogP contribution >= 0.6 is 0 Å². The Bertz CT molecular complexity index is 376. The van der Waals surface area contributed by atoms with Crippen molar-refractivity contribution in [1.82, 2.24) is 10.2 Å². The highest BCUT2D eigenvalue weighted by Gasteiger charge is 2.19. The van der Waals surface area contributed by atoms with E-state index in [0.717, 1.165) is 7.11 Å². The Kier molecular flexibility index (Phi) is 10.6. The minimum Gasteiger partial charge on any atom is -0.326 e. The van der Waals surface area contributed by atoms with Crippen molar-refractivity contribution in [2.45, 2.75) is 26.5 Å². The SMILES string of the molecule is C=C(C)C(=O)NC(CC)OS(=O)(=O)OC.CN(C)C. The van der Waals surface area contributed by atoms with Gasteiger partial charge in [-0.1, -0.05) is 13.5 Å². The normalized spacial score (nSPS) is 12.4. The number of nitrogens with zero attached hydrogens (tertiary/aromatic N) is 1. The molecular formula is C11H24N2O5S. The predicted octanol–water partition coefficient (Wildman–Crippen LogP) is 0.500. The zero-order valence-corrected chi connectivity index (χ0v) is 13.2. The average molecular weight is 296 g/mol. The van der Waals surface area contributed by atoms with E-state index in [1.54, 1.807) is 6.92 Å². The van der Waals surface area contributed by atoms with E-state index in [2.05, 4.69) is 20.3 Å². The summed E-state index contributed by atoms with van der Waals surface area (Å²) >= 11 is 0. The Morgan fingerprint density at radius 3 is 2.05 bits per heavy atom. The first-order valence-electron chi connectivity index (χ1n) is 5.61. The molecular weight excluding hydrogens is 272 g/mol. The monoisotopic (exact) mass is 296 g/mol. The number of hydrogen-bond donors (Lipinski definition) is 1. The molecule has 0 bridgehead atoms. The van der Waals surface area contributed by atoms with E-state index in [1.807, 2.05) is 26.0 Å². The Labute approximate surface area is 115 Å². The minimum absolute atomic E-state index is 0.270. The van der Waals surface area contributed by atoms with Crippen molar-refractivity contribution in [3.05, 3.63) is 12.2 Å². The van der Waals surface area contributed by atoms with E-state index in [1.165, 1.54) is 6.92 Å². The number of carbonyl (C=O) groups is 1. The molecule has 0 saturated heterocycles. The van der Waals surface area contributed by atoms with Gasteiger partial charge in [-0.25, -0.2) is 4.18 Å². The molecule has 1 amide bonds. The highest BCUT2D eigenvalue weighted by molar-refractivity contribution is 7.81. The second kappa shape index (κ2) is 9.90. The van der Waals surface area contributed by atoms with Crippen molar-refractivity contribution in [1.29, 1.82) is 0 Å². The lowest BCUT2D eigenvalue weighted by atomic mass is 10.3. The summed E-state index contributed by atoms with van der Waals surface area (Å²) in [7, 11) is 2.93. The zero-order valence-electron chi connectivity index (χ0n) is 12.4. The summed E-state index contributed by atoms with van der Waals surface area (Å²) in [5.74, 6) is -0.465. The molecule has 7 nitrogen and oxygen atoms in total. The van der Waals surface area contributed by atoms with Crippen molar-refractivity contribution >= 4 is 16.3 Å². The zero-order chi connectivity index (χ0) is 15.6. The van der Waals surface area contributed by atoms with Crippen LogP contribution in [0, 0.1) is 0 Å². The maximum Gasteiger partial charge on any atom is 0.401 e. The first-order chi connectivity index (χ1) is 8.55. The van der Waals surface area contributed by atoms with Gasteiger partial charge in [-0.2, -0.15) is 8.42 Å². The second-order valence-electron chi connectivity index (χ2n) is 4.16. The Balaban J connectivity index is 0. The molecule has 0 aromatic rings. The molecule has 114 valence electrons. The summed E-state index contributed by atoms with van der Waals surface area (Å²) in [6.45, 7) is 6.58. The van der Waals surface area contributed by atoms with Gasteiger partial charge in [0.05, 0.1) is 7.11 Å². The van der Waals surface area contributed by atoms with Gasteiger partial charge in [0.25, 0.3) is 0 Å². The minimum atomic E-state index is -4.05. The smallest absolute Gasteiger partial charge is 0.326 e. The third kappa shape index (κ3) is 13.3. The molecule has 0 spiro atoms. The number of carbonyl (C=O) groups excluding carboxylic acids is 1. The largest absolute Gasteiger partial charge is 0.401 e. The van der Waals surface area contributed by atoms with Crippen molar-refractivity contribution in [2.24, 2.45) is 0 Å². The molecule has 0 saturated carbocycles. The van der Waals surface area contributed by atoms with Crippen LogP contribution in [0.2, 0.25) is 0 Å². The Morgan fingerprint density at radius 1 is 1.37 bits per heavy atom. The molecule has 8 heteroatoms. The number of hydrogen-bond acceptors (Lipinski definition) is 6. The molecule has 0 aliphatic heterocycles. The fourth-order valence-electron chi connectivity index (χ4n) is 0.645. The topological polar surface area (TPSA) is 84.9 Å². The predicted molar refractivity (Wildman–Crippen MR) is 73.7 cm³/mol. The maximum absolute atomic E-state index is 11.2. The van der Waals surface area contributed by atoms with E-state index in [4.69, 9.17) is 0 Å². The molecule has 0 aromatic heterocycles. The third-order valence-corrected chi connectivity index (χ3v) is 2.36. The van der Waals surface area contributed by atoms with E-state index < -0.39 is 22.5 Å². The van der Waals surface area contributed by atoms with Gasteiger partial charge in [0, 0.05) is 5.57 Å². The van der Waals surface area contributed by atoms with Gasteiger partial charge >= 0.3 is 10.4 Å². The van der Waals surface area contributed by atoms with Gasteiger partial charge < -0.3 is 10.2 Å². The average Bonchev–Trinajstić information content (AvgIpc) is 2.26. The maximum atomic E-state index is 11.2. The number of rotatable bonds is 6.